The van der Waals surface area contributed by atoms with Gasteiger partial charge in [0.2, 0.25) is 0 Å². The maximum atomic E-state index is 12.7. The zero-order valence-electron chi connectivity index (χ0n) is 39.5. The fourth-order valence-electron chi connectivity index (χ4n) is 7.88. The number of aliphatic hydroxyl groups excluding tert-OH is 2. The lowest BCUT2D eigenvalue weighted by Gasteiger charge is -2.32. The van der Waals surface area contributed by atoms with Crippen LogP contribution in [-0.4, -0.2) is 75.5 Å². The summed E-state index contributed by atoms with van der Waals surface area (Å²) in [5, 5.41) is 20.9. The van der Waals surface area contributed by atoms with Crippen molar-refractivity contribution in [3.63, 3.8) is 0 Å². The molecule has 0 bridgehead atoms. The molecule has 0 spiro atoms. The predicted octanol–water partition coefficient (Wildman–Crippen LogP) is 10.3. The van der Waals surface area contributed by atoms with Gasteiger partial charge in [-0.1, -0.05) is 194 Å². The Hall–Kier alpha value is -0.870. The minimum absolute atomic E-state index is 0.0740. The predicted molar refractivity (Wildman–Crippen MR) is 254 cm³/mol. The van der Waals surface area contributed by atoms with Crippen molar-refractivity contribution in [3.05, 3.63) is 22.7 Å². The third kappa shape index (κ3) is 29.1. The summed E-state index contributed by atoms with van der Waals surface area (Å²) >= 11 is 1.65. The van der Waals surface area contributed by atoms with Crippen LogP contribution in [0.3, 0.4) is 0 Å². The zero-order chi connectivity index (χ0) is 46.7. The fourth-order valence-corrected chi connectivity index (χ4v) is 10.9. The average molecular weight is 968 g/mol. The Balaban J connectivity index is 1.71. The van der Waals surface area contributed by atoms with Crippen molar-refractivity contribution in [3.8, 4) is 0 Å². The molecule has 7 atom stereocenters. The van der Waals surface area contributed by atoms with Crippen LogP contribution in [0.25, 0.3) is 0 Å². The zero-order valence-corrected chi connectivity index (χ0v) is 42.1. The molecule has 1 aliphatic rings. The van der Waals surface area contributed by atoms with Gasteiger partial charge in [0.05, 0.1) is 19.3 Å². The highest BCUT2D eigenvalue weighted by Gasteiger charge is 2.45. The first-order valence-electron chi connectivity index (χ1n) is 25.1. The molecule has 1 fully saturated rings. The highest BCUT2D eigenvalue weighted by molar-refractivity contribution is 7.99. The van der Waals surface area contributed by atoms with Crippen molar-refractivity contribution in [1.82, 2.24) is 9.55 Å². The molecule has 376 valence electrons. The molecule has 15 nitrogen and oxygen atoms in total. The van der Waals surface area contributed by atoms with Crippen molar-refractivity contribution in [2.24, 2.45) is 0 Å². The van der Waals surface area contributed by atoms with Gasteiger partial charge in [0, 0.05) is 18.6 Å². The number of nitrogens with two attached hydrogens (primary N) is 1. The summed E-state index contributed by atoms with van der Waals surface area (Å²) < 4.78 is 51.7. The lowest BCUT2D eigenvalue weighted by atomic mass is 10.0. The minimum Gasteiger partial charge on any atom is -0.756 e. The van der Waals surface area contributed by atoms with Crippen LogP contribution in [0.15, 0.2) is 17.1 Å². The number of anilines is 1. The second kappa shape index (κ2) is 37.1. The Morgan fingerprint density at radius 2 is 1.14 bits per heavy atom. The number of phosphoric acid groups is 2. The van der Waals surface area contributed by atoms with Crippen LogP contribution < -0.4 is 21.2 Å². The Kier molecular flexibility index (Phi) is 34.3. The topological polar surface area (TPSA) is 228 Å². The number of nitrogen functional groups attached to an aromatic ring is 1. The summed E-state index contributed by atoms with van der Waals surface area (Å²) in [7, 11) is -11.0. The standard InChI is InChI=1S/C46H89N3O12P2S/c1-3-5-7-9-11-13-15-17-19-20-22-24-26-28-30-32-36-64-39-40(57-35-31-29-27-25-23-21-18-16-14-12-10-8-6-4-2)37-58-62(53,54)61-63(55,56)59-38-41-43(50)44(51)45(60-41)49-34-33-42(47)48-46(49)52/h33-34,40-41,43-45,50-51H,3-32,35-39H2,1-2H3,(H,53,54)(H,55,56)(H2,47,48,52)/p-2. The van der Waals surface area contributed by atoms with Crippen LogP contribution in [-0.2, 0) is 32.0 Å². The van der Waals surface area contributed by atoms with E-state index in [1.807, 2.05) is 0 Å². The maximum Gasteiger partial charge on any atom is 0.351 e. The summed E-state index contributed by atoms with van der Waals surface area (Å²) in [6, 6.07) is 1.27. The SMILES string of the molecule is CCCCCCCCCCCCCCCCCCSCC(COP(=O)([O-])OP(=O)([O-])OCC1OC(n2ccc(N)nc2=O)C(O)C1O)OCCCCCCCCCCCCCCCC. The smallest absolute Gasteiger partial charge is 0.351 e. The molecule has 0 aliphatic carbocycles. The van der Waals surface area contributed by atoms with E-state index in [4.69, 9.17) is 24.3 Å². The summed E-state index contributed by atoms with van der Waals surface area (Å²) in [6.07, 6.45) is 32.4. The number of aliphatic hydroxyl groups is 2. The molecule has 18 heteroatoms. The summed E-state index contributed by atoms with van der Waals surface area (Å²) in [4.78, 5) is 41.0. The maximum absolute atomic E-state index is 12.7. The number of hydrogen-bond acceptors (Lipinski definition) is 15. The number of ether oxygens (including phenoxy) is 2. The molecule has 0 saturated carbocycles. The van der Waals surface area contributed by atoms with Crippen molar-refractivity contribution in [2.45, 2.75) is 237 Å². The lowest BCUT2D eigenvalue weighted by Crippen LogP contribution is -2.36. The summed E-state index contributed by atoms with van der Waals surface area (Å²) in [6.45, 7) is 3.57. The third-order valence-corrected chi connectivity index (χ3v) is 15.5. The van der Waals surface area contributed by atoms with Gasteiger partial charge in [0.25, 0.3) is 15.6 Å². The molecular formula is C46H87N3O12P2S-2. The Labute approximate surface area is 390 Å². The van der Waals surface area contributed by atoms with Gasteiger partial charge in [-0.2, -0.15) is 16.7 Å². The number of aromatic nitrogens is 2. The van der Waals surface area contributed by atoms with E-state index in [9.17, 15) is 33.9 Å². The molecule has 64 heavy (non-hydrogen) atoms. The molecule has 1 aromatic heterocycles. The molecule has 1 aliphatic heterocycles. The third-order valence-electron chi connectivity index (χ3n) is 11.8. The van der Waals surface area contributed by atoms with E-state index in [1.54, 1.807) is 11.8 Å². The molecule has 4 N–H and O–H groups in total. The van der Waals surface area contributed by atoms with Crippen LogP contribution in [0.1, 0.15) is 213 Å². The molecule has 1 aromatic rings. The normalized spacial score (nSPS) is 20.1. The molecular weight excluding hydrogens is 881 g/mol. The largest absolute Gasteiger partial charge is 0.756 e. The number of unbranched alkanes of at least 4 members (excludes halogenated alkanes) is 28. The van der Waals surface area contributed by atoms with E-state index in [0.717, 1.165) is 42.4 Å². The van der Waals surface area contributed by atoms with Gasteiger partial charge >= 0.3 is 5.69 Å². The van der Waals surface area contributed by atoms with Crippen LogP contribution in [0.2, 0.25) is 0 Å². The summed E-state index contributed by atoms with van der Waals surface area (Å²) in [5.74, 6) is 1.28. The Morgan fingerprint density at radius 1 is 0.703 bits per heavy atom. The molecule has 0 amide bonds. The number of hydrogen-bond donors (Lipinski definition) is 3. The first-order chi connectivity index (χ1) is 30.9. The van der Waals surface area contributed by atoms with Crippen molar-refractivity contribution >= 4 is 33.2 Å². The second-order valence-electron chi connectivity index (χ2n) is 17.6. The van der Waals surface area contributed by atoms with E-state index in [-0.39, 0.29) is 5.82 Å². The van der Waals surface area contributed by atoms with Crippen molar-refractivity contribution in [2.75, 3.05) is 37.1 Å². The first kappa shape index (κ1) is 59.3. The minimum atomic E-state index is -5.56. The Bertz CT molecular complexity index is 1450. The van der Waals surface area contributed by atoms with Gasteiger partial charge in [-0.05, 0) is 24.7 Å². The summed E-state index contributed by atoms with van der Waals surface area (Å²) in [5.41, 5.74) is 4.63. The molecule has 0 aromatic carbocycles. The molecule has 7 unspecified atom stereocenters. The molecule has 2 rings (SSSR count). The van der Waals surface area contributed by atoms with Crippen LogP contribution in [0, 0.1) is 0 Å². The monoisotopic (exact) mass is 968 g/mol. The van der Waals surface area contributed by atoms with Gasteiger partial charge in [0.15, 0.2) is 6.23 Å². The van der Waals surface area contributed by atoms with Crippen molar-refractivity contribution in [1.29, 1.82) is 0 Å². The van der Waals surface area contributed by atoms with Gasteiger partial charge in [-0.15, -0.1) is 0 Å². The van der Waals surface area contributed by atoms with E-state index in [0.29, 0.717) is 12.4 Å². The van der Waals surface area contributed by atoms with Crippen LogP contribution in [0.4, 0.5) is 5.82 Å². The van der Waals surface area contributed by atoms with E-state index in [1.165, 1.54) is 173 Å². The fraction of sp³-hybridized carbons (Fsp3) is 0.913. The van der Waals surface area contributed by atoms with Gasteiger partial charge in [0.1, 0.15) is 24.1 Å². The van der Waals surface area contributed by atoms with Gasteiger partial charge < -0.3 is 44.3 Å². The Morgan fingerprint density at radius 3 is 1.61 bits per heavy atom. The van der Waals surface area contributed by atoms with Crippen molar-refractivity contribution < 1.29 is 52.0 Å². The quantitative estimate of drug-likeness (QED) is 0.0408. The number of rotatable bonds is 44. The second-order valence-corrected chi connectivity index (χ2v) is 21.7. The van der Waals surface area contributed by atoms with Crippen LogP contribution in [0.5, 0.6) is 0 Å². The highest BCUT2D eigenvalue weighted by atomic mass is 32.2. The molecule has 2 heterocycles. The number of phosphoric ester groups is 2. The number of thioether (sulfide) groups is 1. The molecule has 0 radical (unpaired) electrons. The van der Waals surface area contributed by atoms with Crippen LogP contribution >= 0.6 is 27.4 Å². The van der Waals surface area contributed by atoms with Gasteiger partial charge in [-0.25, -0.2) is 9.11 Å². The van der Waals surface area contributed by atoms with E-state index >= 15 is 0 Å². The number of nitrogens with zero attached hydrogens (tertiary/aromatic N) is 2. The van der Waals surface area contributed by atoms with E-state index < -0.39 is 65.2 Å². The van der Waals surface area contributed by atoms with E-state index in [2.05, 4.69) is 23.1 Å². The molecule has 1 saturated heterocycles. The lowest BCUT2D eigenvalue weighted by molar-refractivity contribution is -0.246. The van der Waals surface area contributed by atoms with Gasteiger partial charge in [-0.3, -0.25) is 13.7 Å². The first-order valence-corrected chi connectivity index (χ1v) is 29.1. The average Bonchev–Trinajstić information content (AvgIpc) is 3.53. The highest BCUT2D eigenvalue weighted by Crippen LogP contribution is 2.56.